The maximum absolute atomic E-state index is 11.2. The second-order valence-corrected chi connectivity index (χ2v) is 4.88. The first kappa shape index (κ1) is 17.2. The number of benzene rings is 1. The van der Waals surface area contributed by atoms with Crippen molar-refractivity contribution in [3.8, 4) is 0 Å². The second-order valence-electron chi connectivity index (χ2n) is 4.48. The number of nitrogens with one attached hydrogen (secondary N) is 1. The molecule has 21 heavy (non-hydrogen) atoms. The number of non-ortho nitro benzene ring substituents is 1. The van der Waals surface area contributed by atoms with E-state index in [0.29, 0.717) is 6.54 Å². The van der Waals surface area contributed by atoms with Crippen molar-refractivity contribution < 1.29 is 19.9 Å². The third-order valence-electron chi connectivity index (χ3n) is 2.90. The maximum atomic E-state index is 11.2. The number of nitro groups is 1. The summed E-state index contributed by atoms with van der Waals surface area (Å²) in [5.74, 6) is -1.27. The molecule has 0 saturated carbocycles. The van der Waals surface area contributed by atoms with Crippen LogP contribution in [0.1, 0.15) is 36.0 Å². The monoisotopic (exact) mass is 316 g/mol. The van der Waals surface area contributed by atoms with Gasteiger partial charge in [0, 0.05) is 25.3 Å². The van der Waals surface area contributed by atoms with Gasteiger partial charge in [0.05, 0.1) is 21.2 Å². The molecule has 0 atom stereocenters. The molecule has 0 heterocycles. The first-order chi connectivity index (χ1) is 9.97. The van der Waals surface area contributed by atoms with E-state index >= 15 is 0 Å². The van der Waals surface area contributed by atoms with E-state index in [2.05, 4.69) is 5.32 Å². The van der Waals surface area contributed by atoms with E-state index in [1.54, 1.807) is 0 Å². The van der Waals surface area contributed by atoms with Crippen molar-refractivity contribution in [1.82, 2.24) is 0 Å². The molecule has 1 rings (SSSR count). The lowest BCUT2D eigenvalue weighted by atomic mass is 10.1. The molecule has 1 aromatic rings. The fraction of sp³-hybridized carbons (Fsp3) is 0.462. The topological polar surface area (TPSA) is 113 Å². The van der Waals surface area contributed by atoms with Crippen molar-refractivity contribution in [2.24, 2.45) is 0 Å². The molecule has 0 saturated heterocycles. The zero-order chi connectivity index (χ0) is 15.8. The van der Waals surface area contributed by atoms with Crippen LogP contribution in [-0.4, -0.2) is 34.3 Å². The lowest BCUT2D eigenvalue weighted by Gasteiger charge is -2.11. The van der Waals surface area contributed by atoms with E-state index in [1.165, 1.54) is 0 Å². The number of carbonyl (C=O) groups is 1. The first-order valence-electron chi connectivity index (χ1n) is 6.53. The molecule has 0 aromatic heterocycles. The van der Waals surface area contributed by atoms with Gasteiger partial charge in [-0.05, 0) is 12.8 Å². The van der Waals surface area contributed by atoms with Crippen LogP contribution >= 0.6 is 11.6 Å². The number of nitrogens with zero attached hydrogens (tertiary/aromatic N) is 1. The fourth-order valence-electron chi connectivity index (χ4n) is 1.85. The summed E-state index contributed by atoms with van der Waals surface area (Å²) in [5.41, 5.74) is -0.382. The zero-order valence-corrected chi connectivity index (χ0v) is 12.1. The van der Waals surface area contributed by atoms with Crippen LogP contribution in [0.3, 0.4) is 0 Å². The summed E-state index contributed by atoms with van der Waals surface area (Å²) in [7, 11) is 0. The number of aromatic carboxylic acids is 1. The van der Waals surface area contributed by atoms with E-state index in [9.17, 15) is 14.9 Å². The standard InChI is InChI=1S/C13H17ClN2O5/c14-11-8-9(16(20)21)7-10(13(18)19)12(11)15-5-3-1-2-4-6-17/h7-8,15,17H,1-6H2,(H,18,19). The normalized spacial score (nSPS) is 10.4. The summed E-state index contributed by atoms with van der Waals surface area (Å²) in [6.45, 7) is 0.661. The number of carboxylic acids is 1. The molecule has 8 heteroatoms. The Kier molecular flexibility index (Phi) is 6.90. The number of hydrogen-bond acceptors (Lipinski definition) is 5. The number of halogens is 1. The molecule has 0 amide bonds. The average Bonchev–Trinajstić information content (AvgIpc) is 2.43. The largest absolute Gasteiger partial charge is 0.478 e. The summed E-state index contributed by atoms with van der Waals surface area (Å²) in [6.07, 6.45) is 3.30. The lowest BCUT2D eigenvalue weighted by molar-refractivity contribution is -0.384. The van der Waals surface area contributed by atoms with Gasteiger partial charge in [0.15, 0.2) is 0 Å². The van der Waals surface area contributed by atoms with Crippen LogP contribution in [-0.2, 0) is 0 Å². The number of nitro benzene ring substituents is 1. The fourth-order valence-corrected chi connectivity index (χ4v) is 2.13. The van der Waals surface area contributed by atoms with Gasteiger partial charge in [0.2, 0.25) is 0 Å². The third-order valence-corrected chi connectivity index (χ3v) is 3.20. The van der Waals surface area contributed by atoms with Crippen LogP contribution in [0.2, 0.25) is 5.02 Å². The van der Waals surface area contributed by atoms with Crippen molar-refractivity contribution in [3.05, 3.63) is 32.8 Å². The van der Waals surface area contributed by atoms with Crippen molar-refractivity contribution >= 4 is 28.9 Å². The minimum atomic E-state index is -1.27. The van der Waals surface area contributed by atoms with Gasteiger partial charge in [-0.2, -0.15) is 0 Å². The zero-order valence-electron chi connectivity index (χ0n) is 11.3. The molecule has 0 spiro atoms. The van der Waals surface area contributed by atoms with Gasteiger partial charge in [-0.3, -0.25) is 10.1 Å². The molecule has 0 aliphatic carbocycles. The Balaban J connectivity index is 2.76. The van der Waals surface area contributed by atoms with Gasteiger partial charge in [0.1, 0.15) is 0 Å². The molecular formula is C13H17ClN2O5. The van der Waals surface area contributed by atoms with Gasteiger partial charge in [-0.1, -0.05) is 24.4 Å². The highest BCUT2D eigenvalue weighted by molar-refractivity contribution is 6.34. The van der Waals surface area contributed by atoms with Crippen molar-refractivity contribution in [3.63, 3.8) is 0 Å². The molecule has 0 aliphatic heterocycles. The molecular weight excluding hydrogens is 300 g/mol. The Hall–Kier alpha value is -1.86. The number of anilines is 1. The quantitative estimate of drug-likeness (QED) is 0.367. The Morgan fingerprint density at radius 2 is 1.95 bits per heavy atom. The Morgan fingerprint density at radius 3 is 2.52 bits per heavy atom. The third kappa shape index (κ3) is 5.20. The van der Waals surface area contributed by atoms with E-state index in [-0.39, 0.29) is 28.6 Å². The highest BCUT2D eigenvalue weighted by Gasteiger charge is 2.19. The Labute approximate surface area is 126 Å². The van der Waals surface area contributed by atoms with Gasteiger partial charge < -0.3 is 15.5 Å². The molecule has 116 valence electrons. The van der Waals surface area contributed by atoms with Crippen LogP contribution in [0, 0.1) is 10.1 Å². The van der Waals surface area contributed by atoms with Gasteiger partial charge >= 0.3 is 5.97 Å². The van der Waals surface area contributed by atoms with Crippen LogP contribution in [0.4, 0.5) is 11.4 Å². The van der Waals surface area contributed by atoms with Gasteiger partial charge in [0.25, 0.3) is 5.69 Å². The predicted molar refractivity (Wildman–Crippen MR) is 79.1 cm³/mol. The lowest BCUT2D eigenvalue weighted by Crippen LogP contribution is -2.09. The Bertz CT molecular complexity index is 522. The van der Waals surface area contributed by atoms with Crippen molar-refractivity contribution in [2.45, 2.75) is 25.7 Å². The van der Waals surface area contributed by atoms with E-state index < -0.39 is 10.9 Å². The van der Waals surface area contributed by atoms with Crippen LogP contribution in [0.25, 0.3) is 0 Å². The van der Waals surface area contributed by atoms with Crippen molar-refractivity contribution in [2.75, 3.05) is 18.5 Å². The molecule has 0 fully saturated rings. The number of carboxylic acid groups (broad SMARTS) is 1. The number of unbranched alkanes of at least 4 members (excludes halogenated alkanes) is 3. The van der Waals surface area contributed by atoms with Crippen LogP contribution in [0.5, 0.6) is 0 Å². The highest BCUT2D eigenvalue weighted by atomic mass is 35.5. The van der Waals surface area contributed by atoms with Crippen molar-refractivity contribution in [1.29, 1.82) is 0 Å². The van der Waals surface area contributed by atoms with Gasteiger partial charge in [-0.15, -0.1) is 0 Å². The molecule has 0 radical (unpaired) electrons. The summed E-state index contributed by atoms with van der Waals surface area (Å²) in [5, 5.41) is 31.4. The summed E-state index contributed by atoms with van der Waals surface area (Å²) in [6, 6.07) is 2.12. The minimum absolute atomic E-state index is 0.0111. The smallest absolute Gasteiger partial charge is 0.338 e. The van der Waals surface area contributed by atoms with E-state index in [0.717, 1.165) is 37.8 Å². The summed E-state index contributed by atoms with van der Waals surface area (Å²) < 4.78 is 0. The van der Waals surface area contributed by atoms with E-state index in [1.807, 2.05) is 0 Å². The SMILES string of the molecule is O=C(O)c1cc([N+](=O)[O-])cc(Cl)c1NCCCCCCO. The molecule has 7 nitrogen and oxygen atoms in total. The maximum Gasteiger partial charge on any atom is 0.338 e. The molecule has 0 unspecified atom stereocenters. The molecule has 1 aromatic carbocycles. The first-order valence-corrected chi connectivity index (χ1v) is 6.91. The minimum Gasteiger partial charge on any atom is -0.478 e. The molecule has 0 aliphatic rings. The average molecular weight is 317 g/mol. The number of aliphatic hydroxyl groups excluding tert-OH is 1. The van der Waals surface area contributed by atoms with Gasteiger partial charge in [-0.25, -0.2) is 4.79 Å². The van der Waals surface area contributed by atoms with E-state index in [4.69, 9.17) is 21.8 Å². The Morgan fingerprint density at radius 1 is 1.29 bits per heavy atom. The summed E-state index contributed by atoms with van der Waals surface area (Å²) in [4.78, 5) is 21.2. The highest BCUT2D eigenvalue weighted by Crippen LogP contribution is 2.31. The summed E-state index contributed by atoms with van der Waals surface area (Å²) >= 11 is 5.92. The van der Waals surface area contributed by atoms with Crippen LogP contribution in [0.15, 0.2) is 12.1 Å². The predicted octanol–water partition coefficient (Wildman–Crippen LogP) is 2.91. The molecule has 3 N–H and O–H groups in total. The molecule has 0 bridgehead atoms. The second kappa shape index (κ2) is 8.43. The number of aliphatic hydroxyl groups is 1. The number of hydrogen-bond donors (Lipinski definition) is 3. The van der Waals surface area contributed by atoms with Crippen LogP contribution < -0.4 is 5.32 Å². The number of rotatable bonds is 9.